The van der Waals surface area contributed by atoms with Crippen LogP contribution in [-0.2, 0) is 4.79 Å². The number of halogens is 1. The van der Waals surface area contributed by atoms with Crippen molar-refractivity contribution < 1.29 is 14.1 Å². The van der Waals surface area contributed by atoms with Gasteiger partial charge in [0.25, 0.3) is 11.5 Å². The molecular formula is C25H17ClN4O5S. The number of allylic oxidation sites excluding steroid dienone is 1. The minimum Gasteiger partial charge on any atom is -0.401 e. The van der Waals surface area contributed by atoms with Crippen LogP contribution in [0, 0.1) is 10.1 Å². The Bertz CT molecular complexity index is 1700. The van der Waals surface area contributed by atoms with Crippen LogP contribution in [0.3, 0.4) is 0 Å². The molecule has 1 unspecified atom stereocenters. The molecule has 4 aromatic rings. The third kappa shape index (κ3) is 4.39. The van der Waals surface area contributed by atoms with Crippen LogP contribution >= 0.6 is 22.9 Å². The highest BCUT2D eigenvalue weighted by molar-refractivity contribution is 7.07. The van der Waals surface area contributed by atoms with Gasteiger partial charge in [0.2, 0.25) is 0 Å². The molecule has 1 amide bonds. The minimum absolute atomic E-state index is 0.160. The SMILES string of the molecule is CC1=C(C(=O)Nc2ccccc2)C(c2ccc(Cl)cc2)n2c(sc(=Cc3ccc([N+](=O)[O-])o3)c2=O)=N1. The predicted molar refractivity (Wildman–Crippen MR) is 136 cm³/mol. The number of fused-ring (bicyclic) bond motifs is 1. The van der Waals surface area contributed by atoms with Crippen LogP contribution in [0.5, 0.6) is 0 Å². The normalized spacial score (nSPS) is 15.4. The number of furan rings is 1. The second kappa shape index (κ2) is 9.40. The van der Waals surface area contributed by atoms with E-state index >= 15 is 0 Å². The van der Waals surface area contributed by atoms with Gasteiger partial charge in [0.1, 0.15) is 10.7 Å². The lowest BCUT2D eigenvalue weighted by Gasteiger charge is -2.25. The van der Waals surface area contributed by atoms with Gasteiger partial charge in [-0.05, 0) is 42.8 Å². The molecule has 0 radical (unpaired) electrons. The van der Waals surface area contributed by atoms with Crippen molar-refractivity contribution in [1.29, 1.82) is 0 Å². The number of carbonyl (C=O) groups excluding carboxylic acids is 1. The van der Waals surface area contributed by atoms with E-state index in [-0.39, 0.29) is 10.3 Å². The Kier molecular flexibility index (Phi) is 6.13. The van der Waals surface area contributed by atoms with Gasteiger partial charge in [-0.1, -0.05) is 53.3 Å². The largest absolute Gasteiger partial charge is 0.433 e. The number of nitro groups is 1. The first-order valence-electron chi connectivity index (χ1n) is 10.7. The standard InChI is InChI=1S/C25H17ClN4O5S/c1-14-21(23(31)28-17-5-3-2-4-6-17)22(15-7-9-16(26)10-8-15)29-24(32)19(36-25(29)27-14)13-18-11-12-20(35-18)30(33)34/h2-13,22H,1H3,(H,28,31). The molecule has 2 aromatic heterocycles. The summed E-state index contributed by atoms with van der Waals surface area (Å²) in [6.07, 6.45) is 1.43. The Morgan fingerprint density at radius 3 is 2.56 bits per heavy atom. The van der Waals surface area contributed by atoms with Crippen molar-refractivity contribution in [3.63, 3.8) is 0 Å². The van der Waals surface area contributed by atoms with Crippen molar-refractivity contribution in [3.8, 4) is 0 Å². The number of para-hydroxylation sites is 1. The fourth-order valence-corrected chi connectivity index (χ4v) is 5.09. The maximum absolute atomic E-state index is 13.6. The number of rotatable bonds is 5. The number of hydrogen-bond acceptors (Lipinski definition) is 7. The predicted octanol–water partition coefficient (Wildman–Crippen LogP) is 4.03. The highest BCUT2D eigenvalue weighted by Crippen LogP contribution is 2.31. The maximum Gasteiger partial charge on any atom is 0.433 e. The second-order valence-corrected chi connectivity index (χ2v) is 9.33. The van der Waals surface area contributed by atoms with Gasteiger partial charge >= 0.3 is 5.88 Å². The van der Waals surface area contributed by atoms with E-state index in [1.54, 1.807) is 55.5 Å². The molecule has 1 aliphatic rings. The quantitative estimate of drug-likeness (QED) is 0.315. The summed E-state index contributed by atoms with van der Waals surface area (Å²) in [6, 6.07) is 17.8. The van der Waals surface area contributed by atoms with Crippen molar-refractivity contribution in [3.05, 3.63) is 124 Å². The molecule has 3 heterocycles. The lowest BCUT2D eigenvalue weighted by molar-refractivity contribution is -0.402. The molecule has 0 fully saturated rings. The number of carbonyl (C=O) groups is 1. The second-order valence-electron chi connectivity index (χ2n) is 7.89. The fraction of sp³-hybridized carbons (Fsp3) is 0.0800. The van der Waals surface area contributed by atoms with Crippen LogP contribution in [0.4, 0.5) is 11.6 Å². The van der Waals surface area contributed by atoms with Gasteiger partial charge in [-0.15, -0.1) is 0 Å². The summed E-state index contributed by atoms with van der Waals surface area (Å²) in [7, 11) is 0. The summed E-state index contributed by atoms with van der Waals surface area (Å²) < 4.78 is 6.90. The lowest BCUT2D eigenvalue weighted by Crippen LogP contribution is -2.40. The van der Waals surface area contributed by atoms with Gasteiger partial charge in [-0.2, -0.15) is 0 Å². The first-order chi connectivity index (χ1) is 17.3. The van der Waals surface area contributed by atoms with E-state index < -0.39 is 28.3 Å². The Morgan fingerprint density at radius 2 is 1.89 bits per heavy atom. The molecule has 11 heteroatoms. The number of anilines is 1. The molecule has 0 saturated carbocycles. The van der Waals surface area contributed by atoms with E-state index in [9.17, 15) is 19.7 Å². The molecule has 180 valence electrons. The molecule has 2 aromatic carbocycles. The number of aromatic nitrogens is 1. The molecular weight excluding hydrogens is 504 g/mol. The first-order valence-corrected chi connectivity index (χ1v) is 11.9. The lowest BCUT2D eigenvalue weighted by atomic mass is 9.95. The Balaban J connectivity index is 1.66. The van der Waals surface area contributed by atoms with Gasteiger partial charge in [0.05, 0.1) is 27.9 Å². The summed E-state index contributed by atoms with van der Waals surface area (Å²) in [5.74, 6) is -0.658. The van der Waals surface area contributed by atoms with E-state index in [1.807, 2.05) is 6.07 Å². The van der Waals surface area contributed by atoms with E-state index in [4.69, 9.17) is 16.0 Å². The third-order valence-electron chi connectivity index (χ3n) is 5.55. The maximum atomic E-state index is 13.6. The van der Waals surface area contributed by atoms with E-state index in [1.165, 1.54) is 22.8 Å². The molecule has 0 saturated heterocycles. The molecule has 0 spiro atoms. The number of hydrogen-bond donors (Lipinski definition) is 1. The van der Waals surface area contributed by atoms with Crippen molar-refractivity contribution >= 4 is 46.5 Å². The molecule has 1 N–H and O–H groups in total. The first kappa shape index (κ1) is 23.5. The summed E-state index contributed by atoms with van der Waals surface area (Å²) >= 11 is 7.20. The third-order valence-corrected chi connectivity index (χ3v) is 6.78. The topological polar surface area (TPSA) is 120 Å². The zero-order chi connectivity index (χ0) is 25.4. The number of amides is 1. The highest BCUT2D eigenvalue weighted by atomic mass is 35.5. The Labute approximate surface area is 212 Å². The zero-order valence-electron chi connectivity index (χ0n) is 18.7. The average Bonchev–Trinajstić information content (AvgIpc) is 3.44. The van der Waals surface area contributed by atoms with Crippen molar-refractivity contribution in [2.45, 2.75) is 13.0 Å². The van der Waals surface area contributed by atoms with Gasteiger partial charge in [-0.25, -0.2) is 4.99 Å². The van der Waals surface area contributed by atoms with Gasteiger partial charge in [-0.3, -0.25) is 24.3 Å². The number of nitrogens with one attached hydrogen (secondary N) is 1. The Morgan fingerprint density at radius 1 is 1.17 bits per heavy atom. The molecule has 36 heavy (non-hydrogen) atoms. The highest BCUT2D eigenvalue weighted by Gasteiger charge is 2.32. The molecule has 1 atom stereocenters. The fourth-order valence-electron chi connectivity index (χ4n) is 3.94. The van der Waals surface area contributed by atoms with Gasteiger partial charge in [0.15, 0.2) is 4.80 Å². The summed E-state index contributed by atoms with van der Waals surface area (Å²) in [4.78, 5) is 42.3. The van der Waals surface area contributed by atoms with Crippen LogP contribution in [0.1, 0.15) is 24.3 Å². The zero-order valence-corrected chi connectivity index (χ0v) is 20.2. The number of nitrogens with zero attached hydrogens (tertiary/aromatic N) is 3. The van der Waals surface area contributed by atoms with Gasteiger partial charge in [0, 0.05) is 16.8 Å². The van der Waals surface area contributed by atoms with Crippen LogP contribution in [0.2, 0.25) is 5.02 Å². The van der Waals surface area contributed by atoms with Crippen molar-refractivity contribution in [2.75, 3.05) is 5.32 Å². The van der Waals surface area contributed by atoms with E-state index in [0.29, 0.717) is 32.3 Å². The summed E-state index contributed by atoms with van der Waals surface area (Å²) in [5, 5.41) is 14.3. The molecule has 5 rings (SSSR count). The smallest absolute Gasteiger partial charge is 0.401 e. The number of thiazole rings is 1. The van der Waals surface area contributed by atoms with E-state index in [2.05, 4.69) is 10.3 Å². The minimum atomic E-state index is -0.768. The summed E-state index contributed by atoms with van der Waals surface area (Å²) in [5.41, 5.74) is 1.65. The monoisotopic (exact) mass is 520 g/mol. The van der Waals surface area contributed by atoms with Crippen LogP contribution in [0.15, 0.2) is 92.2 Å². The van der Waals surface area contributed by atoms with Crippen molar-refractivity contribution in [1.82, 2.24) is 4.57 Å². The summed E-state index contributed by atoms with van der Waals surface area (Å²) in [6.45, 7) is 1.72. The van der Waals surface area contributed by atoms with E-state index in [0.717, 1.165) is 11.3 Å². The van der Waals surface area contributed by atoms with Crippen LogP contribution < -0.4 is 20.2 Å². The van der Waals surface area contributed by atoms with Gasteiger partial charge < -0.3 is 9.73 Å². The molecule has 1 aliphatic heterocycles. The number of benzene rings is 2. The Hall–Kier alpha value is -4.28. The van der Waals surface area contributed by atoms with Crippen LogP contribution in [0.25, 0.3) is 6.08 Å². The molecule has 0 bridgehead atoms. The van der Waals surface area contributed by atoms with Crippen LogP contribution in [-0.4, -0.2) is 15.4 Å². The average molecular weight is 521 g/mol. The molecule has 9 nitrogen and oxygen atoms in total. The molecule has 0 aliphatic carbocycles. The van der Waals surface area contributed by atoms with Crippen molar-refractivity contribution in [2.24, 2.45) is 4.99 Å².